The lowest BCUT2D eigenvalue weighted by molar-refractivity contribution is 0.150. The molecule has 14 heavy (non-hydrogen) atoms. The van der Waals surface area contributed by atoms with E-state index in [4.69, 9.17) is 11.6 Å². The Kier molecular flexibility index (Phi) is 4.45. The highest BCUT2D eigenvalue weighted by Crippen LogP contribution is 2.46. The van der Waals surface area contributed by atoms with E-state index >= 15 is 0 Å². The van der Waals surface area contributed by atoms with E-state index in [1.165, 1.54) is 0 Å². The number of rotatable bonds is 4. The topological polar surface area (TPSA) is 0 Å². The molecular formula is C13H23Cl. The van der Waals surface area contributed by atoms with Crippen LogP contribution < -0.4 is 0 Å². The Hall–Kier alpha value is -0.230. The third kappa shape index (κ3) is 2.88. The second-order valence-corrected chi connectivity index (χ2v) is 5.71. The molecule has 0 aliphatic heterocycles. The van der Waals surface area contributed by atoms with Crippen molar-refractivity contribution in [3.05, 3.63) is 23.3 Å². The molecule has 0 heterocycles. The van der Waals surface area contributed by atoms with Gasteiger partial charge in [-0.2, -0.15) is 0 Å². The second kappa shape index (κ2) is 4.53. The first-order chi connectivity index (χ1) is 6.15. The highest BCUT2D eigenvalue weighted by atomic mass is 35.5. The summed E-state index contributed by atoms with van der Waals surface area (Å²) in [7, 11) is 0. The molecule has 0 atom stereocenters. The van der Waals surface area contributed by atoms with Gasteiger partial charge in [0.2, 0.25) is 0 Å². The molecule has 0 aliphatic rings. The fourth-order valence-corrected chi connectivity index (χ4v) is 1.43. The van der Waals surface area contributed by atoms with E-state index in [9.17, 15) is 0 Å². The molecule has 82 valence electrons. The van der Waals surface area contributed by atoms with Gasteiger partial charge in [-0.1, -0.05) is 59.2 Å². The smallest absolute Gasteiger partial charge is 0.0152 e. The fraction of sp³-hybridized carbons (Fsp3) is 0.692. The first kappa shape index (κ1) is 13.8. The predicted molar refractivity (Wildman–Crippen MR) is 66.6 cm³/mol. The van der Waals surface area contributed by atoms with Gasteiger partial charge in [-0.05, 0) is 29.4 Å². The summed E-state index contributed by atoms with van der Waals surface area (Å²) >= 11 is 5.87. The third-order valence-electron chi connectivity index (χ3n) is 3.75. The molecule has 0 N–H and O–H groups in total. The van der Waals surface area contributed by atoms with Crippen molar-refractivity contribution in [2.75, 3.05) is 0 Å². The van der Waals surface area contributed by atoms with Gasteiger partial charge in [0.15, 0.2) is 0 Å². The standard InChI is InChI=1S/C13H23Cl/c1-8-12(4,5)13(6,7)10(2)9-11(3)14/h9H,2,8H2,1,3-7H3/b11-9+. The highest BCUT2D eigenvalue weighted by Gasteiger charge is 2.36. The van der Waals surface area contributed by atoms with Crippen LogP contribution in [0.3, 0.4) is 0 Å². The quantitative estimate of drug-likeness (QED) is 0.568. The number of halogens is 1. The van der Waals surface area contributed by atoms with Gasteiger partial charge < -0.3 is 0 Å². The Bertz CT molecular complexity index is 240. The summed E-state index contributed by atoms with van der Waals surface area (Å²) in [5.74, 6) is 0. The zero-order valence-corrected chi connectivity index (χ0v) is 11.1. The summed E-state index contributed by atoms with van der Waals surface area (Å²) in [6.45, 7) is 17.2. The normalized spacial score (nSPS) is 14.4. The Morgan fingerprint density at radius 1 is 1.29 bits per heavy atom. The molecule has 0 amide bonds. The largest absolute Gasteiger partial charge is 0.0952 e. The maximum atomic E-state index is 5.87. The first-order valence-corrected chi connectivity index (χ1v) is 5.56. The molecule has 0 unspecified atom stereocenters. The van der Waals surface area contributed by atoms with E-state index in [1.54, 1.807) is 0 Å². The van der Waals surface area contributed by atoms with Crippen LogP contribution in [-0.4, -0.2) is 0 Å². The molecule has 0 aromatic rings. The van der Waals surface area contributed by atoms with E-state index in [-0.39, 0.29) is 10.8 Å². The maximum Gasteiger partial charge on any atom is 0.0152 e. The van der Waals surface area contributed by atoms with Crippen LogP contribution in [0.15, 0.2) is 23.3 Å². The average molecular weight is 215 g/mol. The molecule has 1 heteroatoms. The molecule has 0 spiro atoms. The minimum absolute atomic E-state index is 0.0813. The molecule has 0 bridgehead atoms. The molecule has 0 radical (unpaired) electrons. The van der Waals surface area contributed by atoms with Crippen LogP contribution >= 0.6 is 11.6 Å². The Balaban J connectivity index is 4.97. The first-order valence-electron chi connectivity index (χ1n) is 5.18. The van der Waals surface area contributed by atoms with Crippen molar-refractivity contribution < 1.29 is 0 Å². The molecule has 0 saturated heterocycles. The van der Waals surface area contributed by atoms with Gasteiger partial charge in [-0.3, -0.25) is 0 Å². The van der Waals surface area contributed by atoms with Crippen molar-refractivity contribution >= 4 is 11.6 Å². The average Bonchev–Trinajstić information content (AvgIpc) is 2.02. The monoisotopic (exact) mass is 214 g/mol. The Morgan fingerprint density at radius 2 is 1.71 bits per heavy atom. The van der Waals surface area contributed by atoms with E-state index in [0.29, 0.717) is 0 Å². The van der Waals surface area contributed by atoms with Crippen molar-refractivity contribution in [3.8, 4) is 0 Å². The van der Waals surface area contributed by atoms with Gasteiger partial charge in [0, 0.05) is 5.03 Å². The van der Waals surface area contributed by atoms with Crippen LogP contribution in [0.5, 0.6) is 0 Å². The van der Waals surface area contributed by atoms with Crippen LogP contribution in [-0.2, 0) is 0 Å². The summed E-state index contributed by atoms with van der Waals surface area (Å²) in [6.07, 6.45) is 3.10. The number of hydrogen-bond acceptors (Lipinski definition) is 0. The van der Waals surface area contributed by atoms with E-state index in [2.05, 4.69) is 41.2 Å². The van der Waals surface area contributed by atoms with E-state index < -0.39 is 0 Å². The van der Waals surface area contributed by atoms with Crippen molar-refractivity contribution in [1.29, 1.82) is 0 Å². The number of allylic oxidation sites excluding steroid dienone is 3. The lowest BCUT2D eigenvalue weighted by Crippen LogP contribution is -2.32. The summed E-state index contributed by atoms with van der Waals surface area (Å²) in [5, 5.41) is 0.801. The third-order valence-corrected chi connectivity index (χ3v) is 3.86. The molecule has 0 fully saturated rings. The fourth-order valence-electron chi connectivity index (χ4n) is 1.30. The summed E-state index contributed by atoms with van der Waals surface area (Å²) in [6, 6.07) is 0. The Morgan fingerprint density at radius 3 is 2.00 bits per heavy atom. The summed E-state index contributed by atoms with van der Waals surface area (Å²) < 4.78 is 0. The van der Waals surface area contributed by atoms with Crippen LogP contribution in [0.4, 0.5) is 0 Å². The SMILES string of the molecule is C=C(/C=C(\C)Cl)C(C)(C)C(C)(C)CC. The maximum absolute atomic E-state index is 5.87. The molecule has 0 saturated carbocycles. The van der Waals surface area contributed by atoms with Gasteiger partial charge in [0.05, 0.1) is 0 Å². The van der Waals surface area contributed by atoms with E-state index in [1.807, 2.05) is 13.0 Å². The zero-order valence-electron chi connectivity index (χ0n) is 10.4. The van der Waals surface area contributed by atoms with Gasteiger partial charge in [0.25, 0.3) is 0 Å². The molecule has 0 nitrogen and oxygen atoms in total. The second-order valence-electron chi connectivity index (χ2n) is 5.12. The van der Waals surface area contributed by atoms with Crippen molar-refractivity contribution in [2.24, 2.45) is 10.8 Å². The van der Waals surface area contributed by atoms with E-state index in [0.717, 1.165) is 17.0 Å². The van der Waals surface area contributed by atoms with Crippen LogP contribution in [0.1, 0.15) is 48.0 Å². The lowest BCUT2D eigenvalue weighted by Gasteiger charge is -2.42. The van der Waals surface area contributed by atoms with Gasteiger partial charge in [0.1, 0.15) is 0 Å². The Labute approximate surface area is 94.0 Å². The molecule has 0 aromatic carbocycles. The van der Waals surface area contributed by atoms with Gasteiger partial charge >= 0.3 is 0 Å². The van der Waals surface area contributed by atoms with Gasteiger partial charge in [-0.15, -0.1) is 0 Å². The van der Waals surface area contributed by atoms with Crippen LogP contribution in [0.2, 0.25) is 0 Å². The van der Waals surface area contributed by atoms with Crippen LogP contribution in [0.25, 0.3) is 0 Å². The molecule has 0 aromatic heterocycles. The van der Waals surface area contributed by atoms with Crippen molar-refractivity contribution in [3.63, 3.8) is 0 Å². The number of hydrogen-bond donors (Lipinski definition) is 0. The lowest BCUT2D eigenvalue weighted by atomic mass is 9.63. The molecule has 0 aliphatic carbocycles. The minimum atomic E-state index is 0.0813. The van der Waals surface area contributed by atoms with Gasteiger partial charge in [-0.25, -0.2) is 0 Å². The van der Waals surface area contributed by atoms with Crippen LogP contribution in [0, 0.1) is 10.8 Å². The van der Waals surface area contributed by atoms with Crippen molar-refractivity contribution in [2.45, 2.75) is 48.0 Å². The molecular weight excluding hydrogens is 192 g/mol. The highest BCUT2D eigenvalue weighted by molar-refractivity contribution is 6.29. The minimum Gasteiger partial charge on any atom is -0.0952 e. The predicted octanol–water partition coefficient (Wildman–Crippen LogP) is 5.15. The van der Waals surface area contributed by atoms with Crippen molar-refractivity contribution in [1.82, 2.24) is 0 Å². The summed E-state index contributed by atoms with van der Waals surface area (Å²) in [4.78, 5) is 0. The zero-order chi connectivity index (χ0) is 11.6. The summed E-state index contributed by atoms with van der Waals surface area (Å²) in [5.41, 5.74) is 1.43. The molecule has 0 rings (SSSR count).